The summed E-state index contributed by atoms with van der Waals surface area (Å²) < 4.78 is 0. The number of hydrogen-bond donors (Lipinski definition) is 1. The number of nitrogens with one attached hydrogen (secondary N) is 1. The zero-order chi connectivity index (χ0) is 18.2. The number of nitrogens with zero attached hydrogens (tertiary/aromatic N) is 3. The summed E-state index contributed by atoms with van der Waals surface area (Å²) in [6, 6.07) is 14.0. The number of amides is 1. The molecule has 3 saturated heterocycles. The van der Waals surface area contributed by atoms with Crippen molar-refractivity contribution < 1.29 is 4.79 Å². The van der Waals surface area contributed by atoms with Gasteiger partial charge in [-0.05, 0) is 49.1 Å². The van der Waals surface area contributed by atoms with Crippen LogP contribution in [0.15, 0.2) is 42.6 Å². The van der Waals surface area contributed by atoms with Crippen molar-refractivity contribution in [1.82, 2.24) is 20.0 Å². The van der Waals surface area contributed by atoms with Crippen molar-refractivity contribution in [2.45, 2.75) is 44.2 Å². The lowest BCUT2D eigenvalue weighted by atomic mass is 9.74. The number of H-pyrrole nitrogens is 1. The molecular formula is C22H28N4O. The monoisotopic (exact) mass is 364 g/mol. The first kappa shape index (κ1) is 17.0. The first-order valence-electron chi connectivity index (χ1n) is 10.4. The lowest BCUT2D eigenvalue weighted by Crippen LogP contribution is -2.62. The Morgan fingerprint density at radius 3 is 2.81 bits per heavy atom. The average Bonchev–Trinajstić information content (AvgIpc) is 3.23. The lowest BCUT2D eigenvalue weighted by Gasteiger charge is -2.55. The fraction of sp³-hybridized carbons (Fsp3) is 0.545. The van der Waals surface area contributed by atoms with Gasteiger partial charge in [0.2, 0.25) is 0 Å². The van der Waals surface area contributed by atoms with E-state index >= 15 is 0 Å². The van der Waals surface area contributed by atoms with E-state index in [2.05, 4.69) is 50.3 Å². The molecule has 0 unspecified atom stereocenters. The van der Waals surface area contributed by atoms with Gasteiger partial charge < -0.3 is 4.90 Å². The zero-order valence-corrected chi connectivity index (χ0v) is 15.8. The highest BCUT2D eigenvalue weighted by Gasteiger charge is 2.45. The summed E-state index contributed by atoms with van der Waals surface area (Å²) in [6.07, 6.45) is 8.01. The minimum absolute atomic E-state index is 0.118. The molecule has 1 aromatic heterocycles. The third-order valence-electron chi connectivity index (χ3n) is 6.85. The Hall–Kier alpha value is -2.14. The number of piperidine rings is 3. The number of carbonyl (C=O) groups excluding carboxylic acids is 1. The summed E-state index contributed by atoms with van der Waals surface area (Å²) in [5, 5.41) is 6.78. The van der Waals surface area contributed by atoms with Gasteiger partial charge in [0.25, 0.3) is 5.91 Å². The molecule has 142 valence electrons. The van der Waals surface area contributed by atoms with Crippen molar-refractivity contribution in [1.29, 1.82) is 0 Å². The van der Waals surface area contributed by atoms with E-state index in [0.717, 1.165) is 26.1 Å². The Labute approximate surface area is 160 Å². The van der Waals surface area contributed by atoms with Crippen molar-refractivity contribution >= 4 is 5.91 Å². The lowest BCUT2D eigenvalue weighted by molar-refractivity contribution is -0.0499. The normalized spacial score (nSPS) is 30.7. The average molecular weight is 364 g/mol. The first-order valence-corrected chi connectivity index (χ1v) is 10.4. The summed E-state index contributed by atoms with van der Waals surface area (Å²) in [5.41, 5.74) is 2.08. The van der Waals surface area contributed by atoms with Gasteiger partial charge in [0.05, 0.1) is 0 Å². The van der Waals surface area contributed by atoms with E-state index in [-0.39, 0.29) is 5.91 Å². The fourth-order valence-electron chi connectivity index (χ4n) is 5.73. The Kier molecular flexibility index (Phi) is 4.48. The second-order valence-corrected chi connectivity index (χ2v) is 8.58. The molecule has 1 aromatic carbocycles. The van der Waals surface area contributed by atoms with Gasteiger partial charge in [0.15, 0.2) is 0 Å². The topological polar surface area (TPSA) is 52.2 Å². The van der Waals surface area contributed by atoms with Crippen LogP contribution < -0.4 is 0 Å². The molecule has 0 spiro atoms. The minimum atomic E-state index is 0.118. The van der Waals surface area contributed by atoms with E-state index in [1.807, 2.05) is 0 Å². The second-order valence-electron chi connectivity index (χ2n) is 8.58. The van der Waals surface area contributed by atoms with Gasteiger partial charge in [0, 0.05) is 37.9 Å². The van der Waals surface area contributed by atoms with Gasteiger partial charge in [-0.25, -0.2) is 0 Å². The molecule has 1 amide bonds. The van der Waals surface area contributed by atoms with E-state index in [4.69, 9.17) is 0 Å². The fourth-order valence-corrected chi connectivity index (χ4v) is 5.73. The van der Waals surface area contributed by atoms with Crippen LogP contribution in [0.4, 0.5) is 0 Å². The van der Waals surface area contributed by atoms with Gasteiger partial charge >= 0.3 is 0 Å². The van der Waals surface area contributed by atoms with Crippen LogP contribution in [0.3, 0.4) is 0 Å². The SMILES string of the molecule is O=C(c1ccn[nH]1)N1C[C@@H]2C[C@H](C1)[C@@H]1CCC[C@H](Cc3ccccc3)N1C2. The van der Waals surface area contributed by atoms with Crippen LogP contribution >= 0.6 is 0 Å². The first-order chi connectivity index (χ1) is 13.3. The van der Waals surface area contributed by atoms with Crippen LogP contribution in [0, 0.1) is 11.8 Å². The molecule has 27 heavy (non-hydrogen) atoms. The predicted octanol–water partition coefficient (Wildman–Crippen LogP) is 2.97. The highest BCUT2D eigenvalue weighted by Crippen LogP contribution is 2.40. The maximum absolute atomic E-state index is 12.8. The quantitative estimate of drug-likeness (QED) is 0.911. The van der Waals surface area contributed by atoms with Crippen molar-refractivity contribution in [3.8, 4) is 0 Å². The summed E-state index contributed by atoms with van der Waals surface area (Å²) in [4.78, 5) is 17.7. The van der Waals surface area contributed by atoms with Crippen LogP contribution in [0.2, 0.25) is 0 Å². The smallest absolute Gasteiger partial charge is 0.271 e. The zero-order valence-electron chi connectivity index (χ0n) is 15.8. The Bertz CT molecular complexity index is 775. The molecule has 5 heteroatoms. The van der Waals surface area contributed by atoms with E-state index in [1.165, 1.54) is 31.2 Å². The molecule has 5 nitrogen and oxygen atoms in total. The third kappa shape index (κ3) is 3.29. The van der Waals surface area contributed by atoms with Crippen LogP contribution in [-0.2, 0) is 6.42 Å². The van der Waals surface area contributed by atoms with Crippen LogP contribution in [-0.4, -0.2) is 57.6 Å². The number of aromatic amines is 1. The van der Waals surface area contributed by atoms with Gasteiger partial charge in [-0.3, -0.25) is 14.8 Å². The van der Waals surface area contributed by atoms with E-state index in [0.29, 0.717) is 29.6 Å². The van der Waals surface area contributed by atoms with Crippen molar-refractivity contribution in [2.75, 3.05) is 19.6 Å². The number of carbonyl (C=O) groups is 1. The molecule has 0 aliphatic carbocycles. The summed E-state index contributed by atoms with van der Waals surface area (Å²) in [5.74, 6) is 1.33. The van der Waals surface area contributed by atoms with Gasteiger partial charge in [-0.15, -0.1) is 0 Å². The van der Waals surface area contributed by atoms with Crippen molar-refractivity contribution in [3.05, 3.63) is 53.9 Å². The van der Waals surface area contributed by atoms with Gasteiger partial charge in [-0.1, -0.05) is 36.8 Å². The predicted molar refractivity (Wildman–Crippen MR) is 104 cm³/mol. The molecule has 4 heterocycles. The summed E-state index contributed by atoms with van der Waals surface area (Å²) >= 11 is 0. The number of rotatable bonds is 3. The molecule has 3 aliphatic heterocycles. The second kappa shape index (κ2) is 7.12. The van der Waals surface area contributed by atoms with Crippen LogP contribution in [0.25, 0.3) is 0 Å². The Morgan fingerprint density at radius 2 is 2.00 bits per heavy atom. The number of likely N-dealkylation sites (tertiary alicyclic amines) is 1. The van der Waals surface area contributed by atoms with Crippen LogP contribution in [0.1, 0.15) is 41.7 Å². The largest absolute Gasteiger partial charge is 0.337 e. The molecule has 0 saturated carbocycles. The van der Waals surface area contributed by atoms with Crippen LogP contribution in [0.5, 0.6) is 0 Å². The van der Waals surface area contributed by atoms with E-state index in [9.17, 15) is 4.79 Å². The third-order valence-corrected chi connectivity index (χ3v) is 6.85. The minimum Gasteiger partial charge on any atom is -0.337 e. The molecule has 3 aliphatic rings. The highest BCUT2D eigenvalue weighted by molar-refractivity contribution is 5.92. The Morgan fingerprint density at radius 1 is 1.11 bits per heavy atom. The Balaban J connectivity index is 1.31. The molecule has 2 bridgehead atoms. The molecule has 1 N–H and O–H groups in total. The van der Waals surface area contributed by atoms with E-state index in [1.54, 1.807) is 12.3 Å². The van der Waals surface area contributed by atoms with Crippen molar-refractivity contribution in [3.63, 3.8) is 0 Å². The molecular weight excluding hydrogens is 336 g/mol. The van der Waals surface area contributed by atoms with Crippen molar-refractivity contribution in [2.24, 2.45) is 11.8 Å². The molecule has 5 rings (SSSR count). The molecule has 0 radical (unpaired) electrons. The number of fused-ring (bicyclic) bond motifs is 4. The summed E-state index contributed by atoms with van der Waals surface area (Å²) in [6.45, 7) is 2.93. The number of benzene rings is 1. The standard InChI is InChI=1S/C22H28N4O/c27-22(20-9-10-23-24-20)25-13-17-11-18(15-25)21-8-4-7-19(26(21)14-17)12-16-5-2-1-3-6-16/h1-3,5-6,9-10,17-19,21H,4,7-8,11-15H2,(H,23,24)/t17-,18+,19+,21-/m0/s1. The maximum Gasteiger partial charge on any atom is 0.271 e. The highest BCUT2D eigenvalue weighted by atomic mass is 16.2. The molecule has 4 atom stereocenters. The molecule has 3 fully saturated rings. The van der Waals surface area contributed by atoms with Gasteiger partial charge in [0.1, 0.15) is 5.69 Å². The number of aromatic nitrogens is 2. The summed E-state index contributed by atoms with van der Waals surface area (Å²) in [7, 11) is 0. The maximum atomic E-state index is 12.8. The van der Waals surface area contributed by atoms with Gasteiger partial charge in [-0.2, -0.15) is 5.10 Å². The number of hydrogen-bond acceptors (Lipinski definition) is 3. The molecule has 2 aromatic rings. The van der Waals surface area contributed by atoms with E-state index < -0.39 is 0 Å².